The van der Waals surface area contributed by atoms with Gasteiger partial charge in [0.15, 0.2) is 0 Å². The number of piperidine rings is 1. The van der Waals surface area contributed by atoms with Gasteiger partial charge < -0.3 is 4.40 Å². The third-order valence-corrected chi connectivity index (χ3v) is 5.92. The summed E-state index contributed by atoms with van der Waals surface area (Å²) in [7, 11) is -1.70. The number of rotatable bonds is 4. The Hall–Kier alpha value is -1.44. The van der Waals surface area contributed by atoms with Crippen molar-refractivity contribution in [3.8, 4) is 0 Å². The highest BCUT2D eigenvalue weighted by Crippen LogP contribution is 2.18. The average molecular weight is 308 g/mol. The summed E-state index contributed by atoms with van der Waals surface area (Å²) in [5.74, 6) is 0. The molecule has 0 saturated carbocycles. The van der Waals surface area contributed by atoms with E-state index >= 15 is 0 Å². The smallest absolute Gasteiger partial charge is 0.215 e. The van der Waals surface area contributed by atoms with Crippen molar-refractivity contribution in [3.05, 3.63) is 36.3 Å². The molecule has 3 heterocycles. The minimum absolute atomic E-state index is 0.321. The second kappa shape index (κ2) is 5.75. The van der Waals surface area contributed by atoms with Crippen molar-refractivity contribution in [1.82, 2.24) is 19.0 Å². The number of hydrogen-bond acceptors (Lipinski definition) is 4. The fourth-order valence-electron chi connectivity index (χ4n) is 2.94. The second-order valence-electron chi connectivity index (χ2n) is 5.42. The van der Waals surface area contributed by atoms with Crippen LogP contribution in [0.15, 0.2) is 30.6 Å². The van der Waals surface area contributed by atoms with Crippen LogP contribution in [0.4, 0.5) is 0 Å². The first-order valence-electron chi connectivity index (χ1n) is 7.16. The van der Waals surface area contributed by atoms with Crippen LogP contribution in [0.3, 0.4) is 0 Å². The summed E-state index contributed by atoms with van der Waals surface area (Å²) in [6, 6.07) is 6.02. The molecule has 6 nitrogen and oxygen atoms in total. The minimum Gasteiger partial charge on any atom is -0.303 e. The van der Waals surface area contributed by atoms with Gasteiger partial charge in [-0.1, -0.05) is 6.07 Å². The molecule has 0 radical (unpaired) electrons. The van der Waals surface area contributed by atoms with Gasteiger partial charge in [0.1, 0.15) is 5.65 Å². The number of imidazole rings is 1. The molecule has 2 aromatic rings. The Kier molecular flexibility index (Phi) is 3.97. The van der Waals surface area contributed by atoms with Gasteiger partial charge in [-0.15, -0.1) is 0 Å². The maximum Gasteiger partial charge on any atom is 0.215 e. The van der Waals surface area contributed by atoms with Gasteiger partial charge in [0.25, 0.3) is 0 Å². The van der Waals surface area contributed by atoms with E-state index in [0.717, 1.165) is 37.3 Å². The van der Waals surface area contributed by atoms with Gasteiger partial charge in [-0.25, -0.2) is 18.1 Å². The van der Waals surface area contributed by atoms with Crippen LogP contribution in [0.1, 0.15) is 18.5 Å². The number of likely N-dealkylation sites (tertiary alicyclic amines) is 1. The molecule has 7 heteroatoms. The van der Waals surface area contributed by atoms with Crippen molar-refractivity contribution >= 4 is 15.7 Å². The number of sulfonamides is 1. The van der Waals surface area contributed by atoms with Gasteiger partial charge in [0.2, 0.25) is 10.0 Å². The molecular weight excluding hydrogens is 288 g/mol. The monoisotopic (exact) mass is 308 g/mol. The molecule has 1 atom stereocenters. The van der Waals surface area contributed by atoms with E-state index in [1.807, 2.05) is 18.3 Å². The maximum atomic E-state index is 12.0. The van der Waals surface area contributed by atoms with Crippen LogP contribution >= 0.6 is 0 Å². The van der Waals surface area contributed by atoms with Gasteiger partial charge >= 0.3 is 0 Å². The van der Waals surface area contributed by atoms with E-state index in [2.05, 4.69) is 25.1 Å². The Balaban J connectivity index is 1.77. The van der Waals surface area contributed by atoms with Gasteiger partial charge in [0, 0.05) is 31.2 Å². The van der Waals surface area contributed by atoms with Crippen molar-refractivity contribution < 1.29 is 8.42 Å². The average Bonchev–Trinajstić information content (AvgIpc) is 2.97. The van der Waals surface area contributed by atoms with Crippen molar-refractivity contribution in [2.75, 3.05) is 20.1 Å². The van der Waals surface area contributed by atoms with E-state index in [9.17, 15) is 8.42 Å². The highest BCUT2D eigenvalue weighted by molar-refractivity contribution is 7.90. The SMILES string of the molecule is CNS(=O)(=O)C1CCCN(Cc2cccc3nccn23)C1. The minimum atomic E-state index is -3.19. The second-order valence-corrected chi connectivity index (χ2v) is 7.59. The first-order valence-corrected chi connectivity index (χ1v) is 8.70. The van der Waals surface area contributed by atoms with Crippen molar-refractivity contribution in [2.24, 2.45) is 0 Å². The highest BCUT2D eigenvalue weighted by Gasteiger charge is 2.29. The summed E-state index contributed by atoms with van der Waals surface area (Å²) in [5.41, 5.74) is 2.05. The fourth-order valence-corrected chi connectivity index (χ4v) is 4.16. The van der Waals surface area contributed by atoms with Crippen molar-refractivity contribution in [3.63, 3.8) is 0 Å². The Labute approximate surface area is 124 Å². The largest absolute Gasteiger partial charge is 0.303 e. The predicted octanol–water partition coefficient (Wildman–Crippen LogP) is 0.848. The van der Waals surface area contributed by atoms with Crippen LogP contribution in [-0.2, 0) is 16.6 Å². The molecular formula is C14H20N4O2S. The molecule has 1 N–H and O–H groups in total. The molecule has 2 aromatic heterocycles. The lowest BCUT2D eigenvalue weighted by Crippen LogP contribution is -2.45. The molecule has 3 rings (SSSR count). The molecule has 21 heavy (non-hydrogen) atoms. The number of nitrogens with zero attached hydrogens (tertiary/aromatic N) is 3. The third kappa shape index (κ3) is 2.95. The molecule has 0 amide bonds. The molecule has 1 fully saturated rings. The number of pyridine rings is 1. The van der Waals surface area contributed by atoms with E-state index in [4.69, 9.17) is 0 Å². The van der Waals surface area contributed by atoms with Crippen molar-refractivity contribution in [2.45, 2.75) is 24.6 Å². The van der Waals surface area contributed by atoms with Crippen LogP contribution in [0.2, 0.25) is 0 Å². The summed E-state index contributed by atoms with van der Waals surface area (Å²) >= 11 is 0. The van der Waals surface area contributed by atoms with Crippen LogP contribution in [0.5, 0.6) is 0 Å². The van der Waals surface area contributed by atoms with Gasteiger partial charge in [-0.2, -0.15) is 0 Å². The van der Waals surface area contributed by atoms with E-state index in [1.165, 1.54) is 7.05 Å². The molecule has 0 bridgehead atoms. The van der Waals surface area contributed by atoms with Gasteiger partial charge in [0.05, 0.1) is 5.25 Å². The molecule has 0 spiro atoms. The normalized spacial score (nSPS) is 20.9. The molecule has 1 aliphatic rings. The summed E-state index contributed by atoms with van der Waals surface area (Å²) in [4.78, 5) is 6.48. The summed E-state index contributed by atoms with van der Waals surface area (Å²) in [5, 5.41) is -0.321. The highest BCUT2D eigenvalue weighted by atomic mass is 32.2. The predicted molar refractivity (Wildman–Crippen MR) is 81.5 cm³/mol. The number of fused-ring (bicyclic) bond motifs is 1. The lowest BCUT2D eigenvalue weighted by Gasteiger charge is -2.32. The fraction of sp³-hybridized carbons (Fsp3) is 0.500. The first kappa shape index (κ1) is 14.5. The van der Waals surface area contributed by atoms with Crippen LogP contribution < -0.4 is 4.72 Å². The maximum absolute atomic E-state index is 12.0. The lowest BCUT2D eigenvalue weighted by molar-refractivity contribution is 0.219. The molecule has 1 unspecified atom stereocenters. The molecule has 0 aliphatic carbocycles. The third-order valence-electron chi connectivity index (χ3n) is 4.08. The zero-order chi connectivity index (χ0) is 14.9. The lowest BCUT2D eigenvalue weighted by atomic mass is 10.1. The Bertz CT molecular complexity index is 725. The van der Waals surface area contributed by atoms with Crippen molar-refractivity contribution in [1.29, 1.82) is 0 Å². The number of hydrogen-bond donors (Lipinski definition) is 1. The van der Waals surface area contributed by atoms with Gasteiger partial charge in [-0.05, 0) is 38.6 Å². The number of aromatic nitrogens is 2. The molecule has 0 aromatic carbocycles. The Morgan fingerprint density at radius 2 is 2.29 bits per heavy atom. The van der Waals surface area contributed by atoms with E-state index < -0.39 is 10.0 Å². The Morgan fingerprint density at radius 3 is 3.10 bits per heavy atom. The van der Waals surface area contributed by atoms with E-state index in [1.54, 1.807) is 6.20 Å². The first-order chi connectivity index (χ1) is 10.1. The molecule has 1 aliphatic heterocycles. The zero-order valence-electron chi connectivity index (χ0n) is 12.1. The van der Waals surface area contributed by atoms with Gasteiger partial charge in [-0.3, -0.25) is 4.90 Å². The summed E-state index contributed by atoms with van der Waals surface area (Å²) < 4.78 is 28.4. The van der Waals surface area contributed by atoms with Crippen LogP contribution in [0, 0.1) is 0 Å². The zero-order valence-corrected chi connectivity index (χ0v) is 12.9. The Morgan fingerprint density at radius 1 is 1.43 bits per heavy atom. The molecule has 114 valence electrons. The topological polar surface area (TPSA) is 66.7 Å². The molecule has 1 saturated heterocycles. The van der Waals surface area contributed by atoms with E-state index in [-0.39, 0.29) is 5.25 Å². The summed E-state index contributed by atoms with van der Waals surface area (Å²) in [6.45, 7) is 2.25. The standard InChI is InChI=1S/C14H20N4O2S/c1-15-21(19,20)13-5-3-8-17(11-13)10-12-4-2-6-14-16-7-9-18(12)14/h2,4,6-7,9,13,15H,3,5,8,10-11H2,1H3. The quantitative estimate of drug-likeness (QED) is 0.909. The van der Waals surface area contributed by atoms with Crippen LogP contribution in [0.25, 0.3) is 5.65 Å². The number of nitrogens with one attached hydrogen (secondary N) is 1. The van der Waals surface area contributed by atoms with Crippen LogP contribution in [-0.4, -0.2) is 48.1 Å². The summed E-state index contributed by atoms with van der Waals surface area (Å²) in [6.07, 6.45) is 5.36. The van der Waals surface area contributed by atoms with E-state index in [0.29, 0.717) is 6.54 Å².